The summed E-state index contributed by atoms with van der Waals surface area (Å²) in [4.78, 5) is 28.3. The van der Waals surface area contributed by atoms with E-state index in [2.05, 4.69) is 14.9 Å². The van der Waals surface area contributed by atoms with E-state index in [1.54, 1.807) is 18.2 Å². The Bertz CT molecular complexity index is 1060. The van der Waals surface area contributed by atoms with E-state index in [1.165, 1.54) is 22.4 Å². The van der Waals surface area contributed by atoms with Crippen LogP contribution in [0.2, 0.25) is 0 Å². The number of nitrogens with zero attached hydrogens (tertiary/aromatic N) is 3. The number of hydrogen-bond donors (Lipinski definition) is 1. The molecule has 0 aliphatic carbocycles. The van der Waals surface area contributed by atoms with Gasteiger partial charge >= 0.3 is 0 Å². The Kier molecular flexibility index (Phi) is 6.80. The number of aryl methyl sites for hydroxylation is 1. The van der Waals surface area contributed by atoms with Crippen LogP contribution in [0.1, 0.15) is 55.4 Å². The first-order chi connectivity index (χ1) is 14.7. The fourth-order valence-electron chi connectivity index (χ4n) is 3.22. The zero-order chi connectivity index (χ0) is 22.6. The number of anilines is 1. The van der Waals surface area contributed by atoms with Crippen LogP contribution in [-0.4, -0.2) is 26.9 Å². The molecule has 3 aromatic rings. The van der Waals surface area contributed by atoms with Crippen molar-refractivity contribution in [3.05, 3.63) is 76.5 Å². The second kappa shape index (κ2) is 9.34. The van der Waals surface area contributed by atoms with Gasteiger partial charge in [-0.2, -0.15) is 0 Å². The van der Waals surface area contributed by atoms with Gasteiger partial charge in [-0.05, 0) is 62.5 Å². The standard InChI is InChI=1S/C23H25FN4O2S/c1-5-15-9-8-10-16(13-15)28(22(30)19-14-31-27-26-19)20(21(29)25-23(2,3)4)17-11-6-7-12-18(17)24/h6-14,20H,5H2,1-4H3,(H,25,29)/t20-/m1/s1. The first-order valence-corrected chi connectivity index (χ1v) is 10.8. The number of hydrogen-bond acceptors (Lipinski definition) is 5. The van der Waals surface area contributed by atoms with Crippen molar-refractivity contribution in [2.24, 2.45) is 0 Å². The summed E-state index contributed by atoms with van der Waals surface area (Å²) >= 11 is 1.03. The summed E-state index contributed by atoms with van der Waals surface area (Å²) < 4.78 is 18.7. The molecule has 0 spiro atoms. The molecule has 0 radical (unpaired) electrons. The molecule has 0 saturated heterocycles. The van der Waals surface area contributed by atoms with Crippen LogP contribution in [0.5, 0.6) is 0 Å². The quantitative estimate of drug-likeness (QED) is 0.611. The van der Waals surface area contributed by atoms with Crippen LogP contribution in [-0.2, 0) is 11.2 Å². The average Bonchev–Trinajstić information content (AvgIpc) is 3.26. The Morgan fingerprint density at radius 3 is 2.52 bits per heavy atom. The lowest BCUT2D eigenvalue weighted by molar-refractivity contribution is -0.124. The molecular weight excluding hydrogens is 415 g/mol. The first kappa shape index (κ1) is 22.6. The second-order valence-corrected chi connectivity index (χ2v) is 8.76. The lowest BCUT2D eigenvalue weighted by Crippen LogP contribution is -2.49. The van der Waals surface area contributed by atoms with E-state index in [1.807, 2.05) is 45.9 Å². The molecule has 0 unspecified atom stereocenters. The van der Waals surface area contributed by atoms with Crippen LogP contribution in [0.25, 0.3) is 0 Å². The molecule has 0 aliphatic rings. The van der Waals surface area contributed by atoms with Crippen molar-refractivity contribution in [1.29, 1.82) is 0 Å². The van der Waals surface area contributed by atoms with E-state index in [-0.39, 0.29) is 11.3 Å². The molecular formula is C23H25FN4O2S. The number of halogens is 1. The number of rotatable bonds is 6. The minimum atomic E-state index is -1.23. The third kappa shape index (κ3) is 5.32. The zero-order valence-corrected chi connectivity index (χ0v) is 18.7. The van der Waals surface area contributed by atoms with Crippen LogP contribution < -0.4 is 10.2 Å². The van der Waals surface area contributed by atoms with Crippen LogP contribution >= 0.6 is 11.5 Å². The Labute approximate surface area is 185 Å². The molecule has 8 heteroatoms. The molecule has 2 aromatic carbocycles. The smallest absolute Gasteiger partial charge is 0.280 e. The van der Waals surface area contributed by atoms with Crippen molar-refractivity contribution in [3.8, 4) is 0 Å². The number of nitrogens with one attached hydrogen (secondary N) is 1. The fourth-order valence-corrected chi connectivity index (χ4v) is 3.65. The molecule has 1 atom stereocenters. The zero-order valence-electron chi connectivity index (χ0n) is 17.9. The van der Waals surface area contributed by atoms with Gasteiger partial charge < -0.3 is 5.32 Å². The van der Waals surface area contributed by atoms with Crippen molar-refractivity contribution in [1.82, 2.24) is 14.9 Å². The summed E-state index contributed by atoms with van der Waals surface area (Å²) in [6.45, 7) is 7.49. The maximum Gasteiger partial charge on any atom is 0.280 e. The highest BCUT2D eigenvalue weighted by Gasteiger charge is 2.37. The van der Waals surface area contributed by atoms with E-state index in [9.17, 15) is 14.0 Å². The van der Waals surface area contributed by atoms with Gasteiger partial charge in [0.2, 0.25) is 5.91 Å². The van der Waals surface area contributed by atoms with Crippen molar-refractivity contribution in [2.75, 3.05) is 4.90 Å². The van der Waals surface area contributed by atoms with Gasteiger partial charge in [0, 0.05) is 22.2 Å². The minimum Gasteiger partial charge on any atom is -0.349 e. The highest BCUT2D eigenvalue weighted by Crippen LogP contribution is 2.32. The monoisotopic (exact) mass is 440 g/mol. The Hall–Kier alpha value is -3.13. The van der Waals surface area contributed by atoms with Gasteiger partial charge in [-0.25, -0.2) is 4.39 Å². The Morgan fingerprint density at radius 2 is 1.90 bits per heavy atom. The molecule has 0 bridgehead atoms. The molecule has 162 valence electrons. The number of carbonyl (C=O) groups is 2. The topological polar surface area (TPSA) is 75.2 Å². The van der Waals surface area contributed by atoms with E-state index >= 15 is 0 Å². The van der Waals surface area contributed by atoms with Gasteiger partial charge in [-0.3, -0.25) is 14.5 Å². The van der Waals surface area contributed by atoms with Gasteiger partial charge in [0.15, 0.2) is 5.69 Å². The number of benzene rings is 2. The third-order valence-corrected chi connectivity index (χ3v) is 5.10. The molecule has 0 aliphatic heterocycles. The molecule has 0 fully saturated rings. The van der Waals surface area contributed by atoms with Crippen molar-refractivity contribution >= 4 is 29.0 Å². The first-order valence-electron chi connectivity index (χ1n) is 9.97. The molecule has 1 N–H and O–H groups in total. The summed E-state index contributed by atoms with van der Waals surface area (Å²) in [5, 5.41) is 8.29. The summed E-state index contributed by atoms with van der Waals surface area (Å²) in [5.74, 6) is -1.59. The second-order valence-electron chi connectivity index (χ2n) is 8.15. The average molecular weight is 441 g/mol. The fraction of sp³-hybridized carbons (Fsp3) is 0.304. The maximum absolute atomic E-state index is 14.9. The van der Waals surface area contributed by atoms with E-state index in [4.69, 9.17) is 0 Å². The lowest BCUT2D eigenvalue weighted by atomic mass is 9.99. The molecule has 1 heterocycles. The van der Waals surface area contributed by atoms with Gasteiger partial charge in [0.25, 0.3) is 5.91 Å². The van der Waals surface area contributed by atoms with Crippen molar-refractivity contribution in [3.63, 3.8) is 0 Å². The number of aromatic nitrogens is 2. The largest absolute Gasteiger partial charge is 0.349 e. The third-order valence-electron chi connectivity index (χ3n) is 4.60. The number of amides is 2. The molecule has 31 heavy (non-hydrogen) atoms. The van der Waals surface area contributed by atoms with E-state index in [0.717, 1.165) is 23.5 Å². The Balaban J connectivity index is 2.22. The van der Waals surface area contributed by atoms with Crippen LogP contribution in [0.3, 0.4) is 0 Å². The van der Waals surface area contributed by atoms with E-state index in [0.29, 0.717) is 5.69 Å². The highest BCUT2D eigenvalue weighted by molar-refractivity contribution is 7.03. The van der Waals surface area contributed by atoms with Crippen LogP contribution in [0, 0.1) is 5.82 Å². The Morgan fingerprint density at radius 1 is 1.16 bits per heavy atom. The predicted molar refractivity (Wildman–Crippen MR) is 120 cm³/mol. The van der Waals surface area contributed by atoms with Gasteiger partial charge in [0.05, 0.1) is 0 Å². The predicted octanol–water partition coefficient (Wildman–Crippen LogP) is 4.54. The van der Waals surface area contributed by atoms with Gasteiger partial charge in [-0.15, -0.1) is 5.10 Å². The lowest BCUT2D eigenvalue weighted by Gasteiger charge is -2.33. The summed E-state index contributed by atoms with van der Waals surface area (Å²) in [6.07, 6.45) is 0.743. The molecule has 1 aromatic heterocycles. The van der Waals surface area contributed by atoms with Crippen molar-refractivity contribution in [2.45, 2.75) is 45.7 Å². The van der Waals surface area contributed by atoms with Crippen molar-refractivity contribution < 1.29 is 14.0 Å². The van der Waals surface area contributed by atoms with Crippen LogP contribution in [0.4, 0.5) is 10.1 Å². The molecule has 0 saturated carbocycles. The van der Waals surface area contributed by atoms with Crippen LogP contribution in [0.15, 0.2) is 53.9 Å². The van der Waals surface area contributed by atoms with Gasteiger partial charge in [-0.1, -0.05) is 41.7 Å². The highest BCUT2D eigenvalue weighted by atomic mass is 32.1. The molecule has 3 rings (SSSR count). The normalized spacial score (nSPS) is 12.3. The summed E-state index contributed by atoms with van der Waals surface area (Å²) in [5.41, 5.74) is 1.08. The summed E-state index contributed by atoms with van der Waals surface area (Å²) in [7, 11) is 0. The van der Waals surface area contributed by atoms with E-state index < -0.39 is 29.2 Å². The summed E-state index contributed by atoms with van der Waals surface area (Å²) in [6, 6.07) is 12.1. The maximum atomic E-state index is 14.9. The number of carbonyl (C=O) groups excluding carboxylic acids is 2. The minimum absolute atomic E-state index is 0.0943. The van der Waals surface area contributed by atoms with Gasteiger partial charge in [0.1, 0.15) is 11.9 Å². The molecule has 6 nitrogen and oxygen atoms in total. The SMILES string of the molecule is CCc1cccc(N(C(=O)c2csnn2)[C@@H](C(=O)NC(C)(C)C)c2ccccc2F)c1. The molecule has 2 amide bonds.